The molecule has 1 aromatic carbocycles. The molecule has 2 aromatic heterocycles. The minimum atomic E-state index is -0.0851. The number of nitrogens with zero attached hydrogens (tertiary/aromatic N) is 3. The number of piperidine rings is 1. The van der Waals surface area contributed by atoms with Crippen molar-refractivity contribution in [3.8, 4) is 0 Å². The van der Waals surface area contributed by atoms with Gasteiger partial charge in [0.15, 0.2) is 0 Å². The molecule has 5 nitrogen and oxygen atoms in total. The number of benzene rings is 1. The highest BCUT2D eigenvalue weighted by Crippen LogP contribution is 2.31. The highest BCUT2D eigenvalue weighted by Gasteiger charge is 2.30. The van der Waals surface area contributed by atoms with Crippen molar-refractivity contribution < 1.29 is 4.79 Å². The van der Waals surface area contributed by atoms with E-state index < -0.39 is 0 Å². The maximum Gasteiger partial charge on any atom is 0.252 e. The lowest BCUT2D eigenvalue weighted by Crippen LogP contribution is -2.41. The van der Waals surface area contributed by atoms with Gasteiger partial charge in [0.1, 0.15) is 0 Å². The molecule has 1 saturated heterocycles. The van der Waals surface area contributed by atoms with Gasteiger partial charge in [0.25, 0.3) is 5.91 Å². The number of rotatable bonds is 6. The first kappa shape index (κ1) is 21.2. The quantitative estimate of drug-likeness (QED) is 0.646. The van der Waals surface area contributed by atoms with Crippen molar-refractivity contribution in [3.05, 3.63) is 95.1 Å². The number of amides is 1. The van der Waals surface area contributed by atoms with E-state index in [-0.39, 0.29) is 11.9 Å². The third kappa shape index (κ3) is 5.17. The second-order valence-corrected chi connectivity index (χ2v) is 8.44. The summed E-state index contributed by atoms with van der Waals surface area (Å²) < 4.78 is 0. The van der Waals surface area contributed by atoms with E-state index in [1.165, 1.54) is 11.1 Å². The third-order valence-electron chi connectivity index (χ3n) is 6.32. The van der Waals surface area contributed by atoms with Crippen LogP contribution in [0.1, 0.15) is 51.6 Å². The summed E-state index contributed by atoms with van der Waals surface area (Å²) in [5, 5.41) is 3.31. The number of aryl methyl sites for hydroxylation is 2. The number of hydrogen-bond acceptors (Lipinski definition) is 4. The molecule has 0 radical (unpaired) electrons. The smallest absolute Gasteiger partial charge is 0.252 e. The van der Waals surface area contributed by atoms with E-state index in [1.807, 2.05) is 68.0 Å². The lowest BCUT2D eigenvalue weighted by atomic mass is 9.86. The van der Waals surface area contributed by atoms with Crippen LogP contribution in [0.2, 0.25) is 0 Å². The van der Waals surface area contributed by atoms with Gasteiger partial charge >= 0.3 is 0 Å². The Labute approximate surface area is 184 Å². The number of aromatic nitrogens is 2. The molecule has 0 bridgehead atoms. The standard InChI is InChI=1S/C26H30N4O/c1-19-7-3-4-8-23(19)26(31)29-25(24-9-5-6-13-28-24)21-11-15-30(16-12-21)18-22-10-14-27-17-20(22)2/h3-10,13-14,17,21,25H,11-12,15-16,18H2,1-2H3,(H,29,31). The Balaban J connectivity index is 1.46. The lowest BCUT2D eigenvalue weighted by molar-refractivity contribution is 0.0887. The Bertz CT molecular complexity index is 1010. The molecular weight excluding hydrogens is 384 g/mol. The van der Waals surface area contributed by atoms with Crippen molar-refractivity contribution in [3.63, 3.8) is 0 Å². The third-order valence-corrected chi connectivity index (χ3v) is 6.32. The van der Waals surface area contributed by atoms with Gasteiger partial charge in [-0.05, 0) is 86.7 Å². The van der Waals surface area contributed by atoms with Gasteiger partial charge in [-0.2, -0.15) is 0 Å². The zero-order chi connectivity index (χ0) is 21.6. The van der Waals surface area contributed by atoms with Crippen LogP contribution < -0.4 is 5.32 Å². The van der Waals surface area contributed by atoms with E-state index in [4.69, 9.17) is 0 Å². The molecule has 1 amide bonds. The number of carbonyl (C=O) groups is 1. The molecule has 1 N–H and O–H groups in total. The van der Waals surface area contributed by atoms with E-state index in [9.17, 15) is 4.79 Å². The fourth-order valence-electron chi connectivity index (χ4n) is 4.40. The molecule has 160 valence electrons. The molecule has 0 saturated carbocycles. The van der Waals surface area contributed by atoms with Crippen LogP contribution >= 0.6 is 0 Å². The Morgan fingerprint density at radius 2 is 1.81 bits per heavy atom. The van der Waals surface area contributed by atoms with Crippen molar-refractivity contribution >= 4 is 5.91 Å². The Morgan fingerprint density at radius 1 is 1.03 bits per heavy atom. The first-order valence-electron chi connectivity index (χ1n) is 11.0. The molecule has 4 rings (SSSR count). The SMILES string of the molecule is Cc1cnccc1CN1CCC(C(NC(=O)c2ccccc2C)c2ccccn2)CC1. The van der Waals surface area contributed by atoms with Crippen LogP contribution in [0.5, 0.6) is 0 Å². The van der Waals surface area contributed by atoms with Gasteiger partial charge in [-0.1, -0.05) is 24.3 Å². The molecule has 31 heavy (non-hydrogen) atoms. The Morgan fingerprint density at radius 3 is 2.52 bits per heavy atom. The maximum atomic E-state index is 13.1. The van der Waals surface area contributed by atoms with Gasteiger partial charge in [-0.25, -0.2) is 0 Å². The Kier molecular flexibility index (Phi) is 6.73. The van der Waals surface area contributed by atoms with E-state index in [1.54, 1.807) is 0 Å². The minimum Gasteiger partial charge on any atom is -0.343 e. The molecule has 1 fully saturated rings. The van der Waals surface area contributed by atoms with E-state index in [2.05, 4.69) is 33.2 Å². The number of likely N-dealkylation sites (tertiary alicyclic amines) is 1. The van der Waals surface area contributed by atoms with Crippen LogP contribution in [-0.4, -0.2) is 33.9 Å². The normalized spacial score (nSPS) is 16.1. The summed E-state index contributed by atoms with van der Waals surface area (Å²) in [6, 6.07) is 15.7. The lowest BCUT2D eigenvalue weighted by Gasteiger charge is -2.36. The van der Waals surface area contributed by atoms with E-state index >= 15 is 0 Å². The number of nitrogens with one attached hydrogen (secondary N) is 1. The maximum absolute atomic E-state index is 13.1. The number of pyridine rings is 2. The highest BCUT2D eigenvalue weighted by atomic mass is 16.1. The van der Waals surface area contributed by atoms with Crippen LogP contribution in [0, 0.1) is 19.8 Å². The Hall–Kier alpha value is -3.05. The van der Waals surface area contributed by atoms with Gasteiger partial charge in [-0.15, -0.1) is 0 Å². The zero-order valence-corrected chi connectivity index (χ0v) is 18.3. The fourth-order valence-corrected chi connectivity index (χ4v) is 4.40. The fraction of sp³-hybridized carbons (Fsp3) is 0.346. The molecule has 1 atom stereocenters. The van der Waals surface area contributed by atoms with Crippen molar-refractivity contribution in [2.24, 2.45) is 5.92 Å². The van der Waals surface area contributed by atoms with Crippen LogP contribution in [0.25, 0.3) is 0 Å². The summed E-state index contributed by atoms with van der Waals surface area (Å²) in [7, 11) is 0. The molecule has 0 spiro atoms. The first-order chi connectivity index (χ1) is 15.1. The minimum absolute atomic E-state index is 0.0245. The molecule has 0 aliphatic carbocycles. The van der Waals surface area contributed by atoms with Gasteiger partial charge in [0.05, 0.1) is 11.7 Å². The van der Waals surface area contributed by atoms with Crippen LogP contribution in [0.3, 0.4) is 0 Å². The topological polar surface area (TPSA) is 58.1 Å². The summed E-state index contributed by atoms with van der Waals surface area (Å²) >= 11 is 0. The van der Waals surface area contributed by atoms with Crippen LogP contribution in [0.15, 0.2) is 67.1 Å². The average molecular weight is 415 g/mol. The predicted octanol–water partition coefficient (Wildman–Crippen LogP) is 4.48. The van der Waals surface area contributed by atoms with Crippen LogP contribution in [0.4, 0.5) is 0 Å². The van der Waals surface area contributed by atoms with E-state index in [0.717, 1.165) is 49.3 Å². The largest absolute Gasteiger partial charge is 0.343 e. The highest BCUT2D eigenvalue weighted by molar-refractivity contribution is 5.95. The van der Waals surface area contributed by atoms with Crippen LogP contribution in [-0.2, 0) is 6.54 Å². The summed E-state index contributed by atoms with van der Waals surface area (Å²) in [5.74, 6) is 0.334. The van der Waals surface area contributed by atoms with E-state index in [0.29, 0.717) is 5.92 Å². The van der Waals surface area contributed by atoms with Gasteiger partial charge in [0, 0.05) is 30.7 Å². The number of hydrogen-bond donors (Lipinski definition) is 1. The van der Waals surface area contributed by atoms with Crippen molar-refractivity contribution in [2.75, 3.05) is 13.1 Å². The monoisotopic (exact) mass is 414 g/mol. The number of carbonyl (C=O) groups excluding carboxylic acids is 1. The molecule has 3 heterocycles. The molecule has 1 aliphatic rings. The molecular formula is C26H30N4O. The first-order valence-corrected chi connectivity index (χ1v) is 11.0. The van der Waals surface area contributed by atoms with Gasteiger partial charge < -0.3 is 5.32 Å². The summed E-state index contributed by atoms with van der Waals surface area (Å²) in [6.07, 6.45) is 7.66. The average Bonchev–Trinajstić information content (AvgIpc) is 2.80. The van der Waals surface area contributed by atoms with Gasteiger partial charge in [-0.3, -0.25) is 19.7 Å². The molecule has 1 unspecified atom stereocenters. The zero-order valence-electron chi connectivity index (χ0n) is 18.3. The summed E-state index contributed by atoms with van der Waals surface area (Å²) in [4.78, 5) is 24.4. The summed E-state index contributed by atoms with van der Waals surface area (Å²) in [6.45, 7) is 7.06. The molecule has 3 aromatic rings. The summed E-state index contributed by atoms with van der Waals surface area (Å²) in [5.41, 5.74) is 5.23. The molecule has 5 heteroatoms. The van der Waals surface area contributed by atoms with Gasteiger partial charge in [0.2, 0.25) is 0 Å². The second kappa shape index (κ2) is 9.84. The van der Waals surface area contributed by atoms with Crippen molar-refractivity contribution in [1.29, 1.82) is 0 Å². The second-order valence-electron chi connectivity index (χ2n) is 8.44. The predicted molar refractivity (Wildman–Crippen MR) is 123 cm³/mol. The molecule has 1 aliphatic heterocycles. The van der Waals surface area contributed by atoms with Crippen molar-refractivity contribution in [1.82, 2.24) is 20.2 Å². The van der Waals surface area contributed by atoms with Crippen molar-refractivity contribution in [2.45, 2.75) is 39.3 Å².